The molecule has 0 bridgehead atoms. The number of hydrogen-bond acceptors (Lipinski definition) is 3. The first-order valence-corrected chi connectivity index (χ1v) is 9.96. The maximum atomic E-state index is 12.2. The maximum Gasteiger partial charge on any atom is 0.243 e. The normalized spacial score (nSPS) is 22.3. The van der Waals surface area contributed by atoms with Gasteiger partial charge in [0.05, 0.1) is 5.54 Å². The highest BCUT2D eigenvalue weighted by Gasteiger charge is 2.44. The highest BCUT2D eigenvalue weighted by molar-refractivity contribution is 14.0. The summed E-state index contributed by atoms with van der Waals surface area (Å²) >= 11 is 0. The van der Waals surface area contributed by atoms with Gasteiger partial charge in [0.15, 0.2) is 5.96 Å². The Morgan fingerprint density at radius 2 is 1.81 bits per heavy atom. The van der Waals surface area contributed by atoms with Crippen LogP contribution in [0.2, 0.25) is 0 Å². The highest BCUT2D eigenvalue weighted by atomic mass is 127. The van der Waals surface area contributed by atoms with Crippen LogP contribution in [-0.2, 0) is 9.59 Å². The van der Waals surface area contributed by atoms with Crippen molar-refractivity contribution in [3.05, 3.63) is 0 Å². The van der Waals surface area contributed by atoms with Crippen LogP contribution in [0.3, 0.4) is 0 Å². The highest BCUT2D eigenvalue weighted by Crippen LogP contribution is 2.37. The Morgan fingerprint density at radius 1 is 1.15 bits per heavy atom. The van der Waals surface area contributed by atoms with Crippen molar-refractivity contribution in [2.75, 3.05) is 40.3 Å². The molecule has 1 saturated heterocycles. The molecule has 2 amide bonds. The molecule has 154 valence electrons. The van der Waals surface area contributed by atoms with Crippen molar-refractivity contribution in [1.29, 1.82) is 0 Å². The Morgan fingerprint density at radius 3 is 2.37 bits per heavy atom. The van der Waals surface area contributed by atoms with Gasteiger partial charge < -0.3 is 20.0 Å². The zero-order valence-corrected chi connectivity index (χ0v) is 19.2. The van der Waals surface area contributed by atoms with Gasteiger partial charge in [-0.2, -0.15) is 0 Å². The molecule has 0 atom stereocenters. The van der Waals surface area contributed by atoms with E-state index in [1.54, 1.807) is 25.9 Å². The lowest BCUT2D eigenvalue weighted by molar-refractivity contribution is -0.140. The van der Waals surface area contributed by atoms with E-state index in [1.807, 2.05) is 0 Å². The van der Waals surface area contributed by atoms with Crippen molar-refractivity contribution < 1.29 is 9.59 Å². The quantitative estimate of drug-likeness (QED) is 0.371. The molecule has 3 fully saturated rings. The first-order valence-electron chi connectivity index (χ1n) is 9.96. The monoisotopic (exact) mass is 491 g/mol. The second-order valence-corrected chi connectivity index (χ2v) is 8.22. The third kappa shape index (κ3) is 5.48. The number of amides is 2. The van der Waals surface area contributed by atoms with Gasteiger partial charge in [-0.25, -0.2) is 4.99 Å². The fraction of sp³-hybridized carbons (Fsp3) is 0.842. The molecule has 0 aromatic heterocycles. The zero-order chi connectivity index (χ0) is 18.7. The fourth-order valence-corrected chi connectivity index (χ4v) is 4.22. The van der Waals surface area contributed by atoms with Crippen LogP contribution in [0.25, 0.3) is 0 Å². The minimum absolute atomic E-state index is 0. The molecule has 1 N–H and O–H groups in total. The standard InChI is InChI=1S/C19H33N5O2.HI/c1-15(25)24-12-11-23(14-19(24)9-5-4-6-10-19)18(21-16-7-8-16)20-13-17(26)22(2)3;/h16H,4-14H2,1-3H3,(H,20,21);1H. The summed E-state index contributed by atoms with van der Waals surface area (Å²) in [5.74, 6) is 1.04. The van der Waals surface area contributed by atoms with Gasteiger partial charge in [-0.05, 0) is 25.7 Å². The molecule has 1 heterocycles. The second-order valence-electron chi connectivity index (χ2n) is 8.22. The van der Waals surface area contributed by atoms with Crippen molar-refractivity contribution in [2.24, 2.45) is 4.99 Å². The van der Waals surface area contributed by atoms with Crippen molar-refractivity contribution in [3.8, 4) is 0 Å². The van der Waals surface area contributed by atoms with Crippen molar-refractivity contribution in [1.82, 2.24) is 20.0 Å². The summed E-state index contributed by atoms with van der Waals surface area (Å²) in [6.07, 6.45) is 8.08. The lowest BCUT2D eigenvalue weighted by Gasteiger charge is -2.53. The number of hydrogen-bond donors (Lipinski definition) is 1. The van der Waals surface area contributed by atoms with E-state index in [4.69, 9.17) is 0 Å². The molecule has 3 rings (SSSR count). The Labute approximate surface area is 179 Å². The molecule has 1 aliphatic heterocycles. The smallest absolute Gasteiger partial charge is 0.243 e. The van der Waals surface area contributed by atoms with Crippen LogP contribution < -0.4 is 5.32 Å². The molecule has 2 aliphatic carbocycles. The van der Waals surface area contributed by atoms with Gasteiger partial charge in [-0.1, -0.05) is 19.3 Å². The second kappa shape index (κ2) is 9.43. The number of nitrogens with one attached hydrogen (secondary N) is 1. The van der Waals surface area contributed by atoms with E-state index in [2.05, 4.69) is 20.1 Å². The number of aliphatic imine (C=N–C) groups is 1. The minimum Gasteiger partial charge on any atom is -0.353 e. The van der Waals surface area contributed by atoms with Crippen molar-refractivity contribution >= 4 is 41.8 Å². The van der Waals surface area contributed by atoms with Crippen LogP contribution in [0.15, 0.2) is 4.99 Å². The SMILES string of the molecule is CC(=O)N1CCN(C(=NCC(=O)N(C)C)NC2CC2)CC12CCCCC2.I. The van der Waals surface area contributed by atoms with Gasteiger partial charge in [0.1, 0.15) is 6.54 Å². The predicted molar refractivity (Wildman–Crippen MR) is 117 cm³/mol. The number of nitrogens with zero attached hydrogens (tertiary/aromatic N) is 4. The van der Waals surface area contributed by atoms with E-state index in [1.165, 1.54) is 32.1 Å². The molecular formula is C19H34IN5O2. The molecule has 0 radical (unpaired) electrons. The lowest BCUT2D eigenvalue weighted by atomic mass is 9.78. The Balaban J connectivity index is 0.00000261. The lowest BCUT2D eigenvalue weighted by Crippen LogP contribution is -2.66. The van der Waals surface area contributed by atoms with E-state index in [9.17, 15) is 9.59 Å². The van der Waals surface area contributed by atoms with Gasteiger partial charge in [0.2, 0.25) is 11.8 Å². The van der Waals surface area contributed by atoms with Crippen LogP contribution in [-0.4, -0.2) is 84.3 Å². The van der Waals surface area contributed by atoms with Crippen LogP contribution in [0, 0.1) is 0 Å². The van der Waals surface area contributed by atoms with E-state index >= 15 is 0 Å². The average molecular weight is 491 g/mol. The molecule has 0 aromatic carbocycles. The van der Waals surface area contributed by atoms with Crippen molar-refractivity contribution in [3.63, 3.8) is 0 Å². The van der Waals surface area contributed by atoms with Crippen LogP contribution in [0.4, 0.5) is 0 Å². The molecule has 27 heavy (non-hydrogen) atoms. The van der Waals surface area contributed by atoms with E-state index in [0.29, 0.717) is 6.04 Å². The molecule has 0 unspecified atom stereocenters. The van der Waals surface area contributed by atoms with E-state index < -0.39 is 0 Å². The molecule has 8 heteroatoms. The number of guanidine groups is 1. The molecule has 3 aliphatic rings. The fourth-order valence-electron chi connectivity index (χ4n) is 4.22. The van der Waals surface area contributed by atoms with Crippen LogP contribution >= 0.6 is 24.0 Å². The molecule has 2 saturated carbocycles. The summed E-state index contributed by atoms with van der Waals surface area (Å²) in [5, 5.41) is 3.52. The summed E-state index contributed by atoms with van der Waals surface area (Å²) in [4.78, 5) is 34.8. The van der Waals surface area contributed by atoms with Crippen LogP contribution in [0.1, 0.15) is 51.9 Å². The van der Waals surface area contributed by atoms with E-state index in [-0.39, 0.29) is 47.9 Å². The summed E-state index contributed by atoms with van der Waals surface area (Å²) in [5.41, 5.74) is -0.0696. The Hall–Kier alpha value is -1.06. The average Bonchev–Trinajstić information content (AvgIpc) is 3.42. The number of carbonyl (C=O) groups is 2. The zero-order valence-electron chi connectivity index (χ0n) is 16.9. The third-order valence-corrected chi connectivity index (χ3v) is 5.89. The largest absolute Gasteiger partial charge is 0.353 e. The number of carbonyl (C=O) groups excluding carboxylic acids is 2. The third-order valence-electron chi connectivity index (χ3n) is 5.89. The first-order chi connectivity index (χ1) is 12.4. The van der Waals surface area contributed by atoms with Gasteiger partial charge >= 0.3 is 0 Å². The predicted octanol–water partition coefficient (Wildman–Crippen LogP) is 1.67. The van der Waals surface area contributed by atoms with Gasteiger partial charge in [0, 0.05) is 46.7 Å². The minimum atomic E-state index is -0.0696. The molecular weight excluding hydrogens is 457 g/mol. The topological polar surface area (TPSA) is 68.2 Å². The maximum absolute atomic E-state index is 12.2. The Kier molecular flexibility index (Phi) is 7.76. The summed E-state index contributed by atoms with van der Waals surface area (Å²) in [7, 11) is 3.52. The summed E-state index contributed by atoms with van der Waals surface area (Å²) in [6, 6.07) is 0.483. The van der Waals surface area contributed by atoms with Gasteiger partial charge in [0.25, 0.3) is 0 Å². The number of rotatable bonds is 3. The van der Waals surface area contributed by atoms with Gasteiger partial charge in [-0.15, -0.1) is 24.0 Å². The number of halogens is 1. The molecule has 1 spiro atoms. The Bertz CT molecular complexity index is 570. The number of piperazine rings is 1. The summed E-state index contributed by atoms with van der Waals surface area (Å²) < 4.78 is 0. The summed E-state index contributed by atoms with van der Waals surface area (Å²) in [6.45, 7) is 4.20. The van der Waals surface area contributed by atoms with Crippen molar-refractivity contribution in [2.45, 2.75) is 63.5 Å². The molecule has 0 aromatic rings. The first kappa shape index (κ1) is 22.2. The molecule has 7 nitrogen and oxygen atoms in total. The van der Waals surface area contributed by atoms with Crippen LogP contribution in [0.5, 0.6) is 0 Å². The van der Waals surface area contributed by atoms with Gasteiger partial charge in [-0.3, -0.25) is 9.59 Å². The number of likely N-dealkylation sites (N-methyl/N-ethyl adjacent to an activating group) is 1. The van der Waals surface area contributed by atoms with E-state index in [0.717, 1.165) is 38.4 Å².